The van der Waals surface area contributed by atoms with E-state index in [0.717, 1.165) is 5.69 Å². The Morgan fingerprint density at radius 3 is 2.69 bits per heavy atom. The minimum absolute atomic E-state index is 0.130. The Morgan fingerprint density at radius 1 is 1.38 bits per heavy atom. The molecule has 2 heterocycles. The van der Waals surface area contributed by atoms with Crippen molar-refractivity contribution < 1.29 is 5.11 Å². The predicted octanol–water partition coefficient (Wildman–Crippen LogP) is 1.42. The van der Waals surface area contributed by atoms with E-state index < -0.39 is 0 Å². The Morgan fingerprint density at radius 2 is 2.12 bits per heavy atom. The molecule has 0 saturated carbocycles. The number of aryl methyl sites for hydroxylation is 2. The summed E-state index contributed by atoms with van der Waals surface area (Å²) < 4.78 is 1.50. The van der Waals surface area contributed by atoms with Crippen molar-refractivity contribution in [3.8, 4) is 5.82 Å². The third-order valence-electron chi connectivity index (χ3n) is 2.29. The number of aliphatic hydroxyl groups is 1. The van der Waals surface area contributed by atoms with Gasteiger partial charge in [0.2, 0.25) is 0 Å². The number of hydrogen-bond acceptors (Lipinski definition) is 4. The normalized spacial score (nSPS) is 10.8. The molecule has 2 aromatic rings. The van der Waals surface area contributed by atoms with Crippen molar-refractivity contribution >= 4 is 11.6 Å². The smallest absolute Gasteiger partial charge is 0.158 e. The van der Waals surface area contributed by atoms with Gasteiger partial charge < -0.3 is 5.11 Å². The molecule has 0 aliphatic heterocycles. The number of aliphatic hydroxyl groups excluding tert-OH is 1. The molecule has 0 atom stereocenters. The van der Waals surface area contributed by atoms with Crippen LogP contribution in [-0.2, 0) is 6.61 Å². The molecular formula is C10H11ClN4O. The van der Waals surface area contributed by atoms with E-state index >= 15 is 0 Å². The largest absolute Gasteiger partial charge is 0.391 e. The van der Waals surface area contributed by atoms with Gasteiger partial charge in [0.05, 0.1) is 12.3 Å². The first-order valence-electron chi connectivity index (χ1n) is 4.77. The Hall–Kier alpha value is -1.46. The van der Waals surface area contributed by atoms with E-state index in [2.05, 4.69) is 15.1 Å². The predicted molar refractivity (Wildman–Crippen MR) is 59.6 cm³/mol. The maximum Gasteiger partial charge on any atom is 0.158 e. The SMILES string of the molecule is Cc1cc(-n2nc(C)c(CO)c2Cl)ncn1. The molecule has 2 rings (SSSR count). The molecule has 1 N–H and O–H groups in total. The lowest BCUT2D eigenvalue weighted by molar-refractivity contribution is 0.281. The van der Waals surface area contributed by atoms with Crippen LogP contribution in [0.4, 0.5) is 0 Å². The van der Waals surface area contributed by atoms with E-state index in [4.69, 9.17) is 16.7 Å². The van der Waals surface area contributed by atoms with Gasteiger partial charge in [0, 0.05) is 17.3 Å². The monoisotopic (exact) mass is 238 g/mol. The van der Waals surface area contributed by atoms with Gasteiger partial charge in [-0.1, -0.05) is 11.6 Å². The summed E-state index contributed by atoms with van der Waals surface area (Å²) in [5.41, 5.74) is 2.15. The molecule has 0 aliphatic carbocycles. The maximum absolute atomic E-state index is 9.14. The van der Waals surface area contributed by atoms with Gasteiger partial charge in [0.25, 0.3) is 0 Å². The maximum atomic E-state index is 9.14. The number of rotatable bonds is 2. The summed E-state index contributed by atoms with van der Waals surface area (Å²) >= 11 is 6.10. The van der Waals surface area contributed by atoms with Crippen LogP contribution in [0.5, 0.6) is 0 Å². The first-order valence-corrected chi connectivity index (χ1v) is 5.15. The van der Waals surface area contributed by atoms with Crippen molar-refractivity contribution in [3.05, 3.63) is 34.5 Å². The number of nitrogens with zero attached hydrogens (tertiary/aromatic N) is 4. The van der Waals surface area contributed by atoms with Crippen LogP contribution in [0.2, 0.25) is 5.15 Å². The average molecular weight is 239 g/mol. The molecule has 0 aliphatic rings. The van der Waals surface area contributed by atoms with Crippen molar-refractivity contribution in [2.75, 3.05) is 0 Å². The van der Waals surface area contributed by atoms with Crippen LogP contribution in [0.25, 0.3) is 5.82 Å². The van der Waals surface area contributed by atoms with Gasteiger partial charge in [0.15, 0.2) is 5.82 Å². The van der Waals surface area contributed by atoms with E-state index in [1.54, 1.807) is 13.0 Å². The molecule has 0 amide bonds. The second-order valence-corrected chi connectivity index (χ2v) is 3.80. The number of halogens is 1. The third-order valence-corrected chi connectivity index (χ3v) is 2.67. The first kappa shape index (κ1) is 11.0. The lowest BCUT2D eigenvalue weighted by atomic mass is 10.3. The Bertz CT molecular complexity index is 524. The highest BCUT2D eigenvalue weighted by atomic mass is 35.5. The summed E-state index contributed by atoms with van der Waals surface area (Å²) in [6.07, 6.45) is 1.45. The molecule has 5 nitrogen and oxygen atoms in total. The lowest BCUT2D eigenvalue weighted by Crippen LogP contribution is -2.01. The van der Waals surface area contributed by atoms with E-state index in [1.807, 2.05) is 6.92 Å². The van der Waals surface area contributed by atoms with Crippen molar-refractivity contribution in [2.24, 2.45) is 0 Å². The highest BCUT2D eigenvalue weighted by molar-refractivity contribution is 6.30. The zero-order valence-electron chi connectivity index (χ0n) is 8.98. The zero-order valence-corrected chi connectivity index (χ0v) is 9.73. The highest BCUT2D eigenvalue weighted by Crippen LogP contribution is 2.22. The molecule has 0 unspecified atom stereocenters. The van der Waals surface area contributed by atoms with Crippen LogP contribution in [0.15, 0.2) is 12.4 Å². The second kappa shape index (κ2) is 4.19. The molecule has 6 heteroatoms. The van der Waals surface area contributed by atoms with Crippen LogP contribution in [0, 0.1) is 13.8 Å². The molecule has 0 fully saturated rings. The standard InChI is InChI=1S/C10H11ClN4O/c1-6-3-9(13-5-12-6)15-10(11)8(4-16)7(2)14-15/h3,5,16H,4H2,1-2H3. The zero-order chi connectivity index (χ0) is 11.7. The first-order chi connectivity index (χ1) is 7.63. The molecule has 0 aromatic carbocycles. The van der Waals surface area contributed by atoms with Gasteiger partial charge >= 0.3 is 0 Å². The van der Waals surface area contributed by atoms with E-state index in [1.165, 1.54) is 11.0 Å². The van der Waals surface area contributed by atoms with Crippen molar-refractivity contribution in [3.63, 3.8) is 0 Å². The molecule has 0 bridgehead atoms. The number of hydrogen-bond donors (Lipinski definition) is 1. The van der Waals surface area contributed by atoms with Gasteiger partial charge in [-0.05, 0) is 13.8 Å². The van der Waals surface area contributed by atoms with Gasteiger partial charge in [0.1, 0.15) is 11.5 Å². The van der Waals surface area contributed by atoms with Crippen LogP contribution in [0.1, 0.15) is 17.0 Å². The molecule has 2 aromatic heterocycles. The molecule has 0 spiro atoms. The highest BCUT2D eigenvalue weighted by Gasteiger charge is 2.14. The average Bonchev–Trinajstić information content (AvgIpc) is 2.54. The van der Waals surface area contributed by atoms with Gasteiger partial charge in [-0.15, -0.1) is 0 Å². The quantitative estimate of drug-likeness (QED) is 0.860. The molecule has 16 heavy (non-hydrogen) atoms. The van der Waals surface area contributed by atoms with Gasteiger partial charge in [-0.3, -0.25) is 0 Å². The minimum atomic E-state index is -0.130. The van der Waals surface area contributed by atoms with E-state index in [0.29, 0.717) is 22.2 Å². The molecule has 0 radical (unpaired) electrons. The topological polar surface area (TPSA) is 63.8 Å². The summed E-state index contributed by atoms with van der Waals surface area (Å²) in [7, 11) is 0. The molecule has 0 saturated heterocycles. The van der Waals surface area contributed by atoms with E-state index in [-0.39, 0.29) is 6.61 Å². The molecule has 84 valence electrons. The van der Waals surface area contributed by atoms with Crippen LogP contribution < -0.4 is 0 Å². The fourth-order valence-corrected chi connectivity index (χ4v) is 1.74. The Kier molecular flexibility index (Phi) is 2.89. The summed E-state index contributed by atoms with van der Waals surface area (Å²) in [5.74, 6) is 0.598. The van der Waals surface area contributed by atoms with Gasteiger partial charge in [-0.25, -0.2) is 14.6 Å². The van der Waals surface area contributed by atoms with Crippen molar-refractivity contribution in [2.45, 2.75) is 20.5 Å². The lowest BCUT2D eigenvalue weighted by Gasteiger charge is -2.02. The fraction of sp³-hybridized carbons (Fsp3) is 0.300. The second-order valence-electron chi connectivity index (χ2n) is 3.44. The fourth-order valence-electron chi connectivity index (χ4n) is 1.42. The van der Waals surface area contributed by atoms with Crippen LogP contribution >= 0.6 is 11.6 Å². The minimum Gasteiger partial charge on any atom is -0.391 e. The number of aromatic nitrogens is 4. The van der Waals surface area contributed by atoms with Crippen LogP contribution in [-0.4, -0.2) is 24.9 Å². The Labute approximate surface area is 97.7 Å². The summed E-state index contributed by atoms with van der Waals surface area (Å²) in [5, 5.41) is 13.8. The summed E-state index contributed by atoms with van der Waals surface area (Å²) in [6, 6.07) is 1.78. The summed E-state index contributed by atoms with van der Waals surface area (Å²) in [6.45, 7) is 3.53. The Balaban J connectivity index is 2.56. The van der Waals surface area contributed by atoms with Crippen molar-refractivity contribution in [1.82, 2.24) is 19.7 Å². The van der Waals surface area contributed by atoms with Crippen molar-refractivity contribution in [1.29, 1.82) is 0 Å². The summed E-state index contributed by atoms with van der Waals surface area (Å²) in [4.78, 5) is 8.08. The third kappa shape index (κ3) is 1.79. The van der Waals surface area contributed by atoms with E-state index in [9.17, 15) is 0 Å². The van der Waals surface area contributed by atoms with Gasteiger partial charge in [-0.2, -0.15) is 5.10 Å². The van der Waals surface area contributed by atoms with Crippen LogP contribution in [0.3, 0.4) is 0 Å². The molecular weight excluding hydrogens is 228 g/mol.